The summed E-state index contributed by atoms with van der Waals surface area (Å²) >= 11 is 0. The first kappa shape index (κ1) is 24.2. The van der Waals surface area contributed by atoms with Crippen LogP contribution in [0.3, 0.4) is 0 Å². The Labute approximate surface area is 200 Å². The predicted octanol–water partition coefficient (Wildman–Crippen LogP) is 3.81. The molecule has 2 aromatic carbocycles. The number of hydrogen-bond acceptors (Lipinski definition) is 6. The largest absolute Gasteiger partial charge is 0.493 e. The summed E-state index contributed by atoms with van der Waals surface area (Å²) in [7, 11) is 1.36. The maximum atomic E-state index is 13.7. The van der Waals surface area contributed by atoms with E-state index in [1.54, 1.807) is 12.1 Å². The molecule has 2 saturated heterocycles. The zero-order valence-electron chi connectivity index (χ0n) is 19.9. The summed E-state index contributed by atoms with van der Waals surface area (Å²) in [5, 5.41) is 3.20. The van der Waals surface area contributed by atoms with Gasteiger partial charge in [0.25, 0.3) is 0 Å². The highest BCUT2D eigenvalue weighted by Crippen LogP contribution is 2.37. The van der Waals surface area contributed by atoms with Crippen molar-refractivity contribution in [1.82, 2.24) is 5.32 Å². The molecular weight excluding hydrogens is 434 g/mol. The summed E-state index contributed by atoms with van der Waals surface area (Å²) in [6.45, 7) is 5.15. The summed E-state index contributed by atoms with van der Waals surface area (Å²) in [6.07, 6.45) is 2.22. The highest BCUT2D eigenvalue weighted by Gasteiger charge is 2.42. The van der Waals surface area contributed by atoms with E-state index >= 15 is 0 Å². The molecule has 0 aromatic heterocycles. The van der Waals surface area contributed by atoms with E-state index in [2.05, 4.69) is 5.32 Å². The molecule has 7 nitrogen and oxygen atoms in total. The number of ether oxygens (including phenoxy) is 4. The summed E-state index contributed by atoms with van der Waals surface area (Å²) < 4.78 is 21.9. The van der Waals surface area contributed by atoms with Crippen LogP contribution in [0.15, 0.2) is 48.5 Å². The van der Waals surface area contributed by atoms with Crippen molar-refractivity contribution in [3.63, 3.8) is 0 Å². The van der Waals surface area contributed by atoms with E-state index in [4.69, 9.17) is 18.9 Å². The van der Waals surface area contributed by atoms with Gasteiger partial charge < -0.3 is 24.3 Å². The zero-order valence-corrected chi connectivity index (χ0v) is 19.9. The monoisotopic (exact) mass is 467 g/mol. The SMILES string of the molecule is COC(=O)c1ccc(C(C)NC(=O)C2(c3cccc(OC[C@H]4CCOC4)c3)CCOCC2)cc1. The van der Waals surface area contributed by atoms with Crippen LogP contribution in [0, 0.1) is 5.92 Å². The minimum atomic E-state index is -0.686. The molecule has 0 saturated carbocycles. The van der Waals surface area contributed by atoms with E-state index in [0.29, 0.717) is 44.1 Å². The number of carbonyl (C=O) groups is 2. The molecule has 2 fully saturated rings. The van der Waals surface area contributed by atoms with Crippen molar-refractivity contribution in [2.45, 2.75) is 37.6 Å². The molecular formula is C27H33NO6. The first-order chi connectivity index (χ1) is 16.5. The van der Waals surface area contributed by atoms with Crippen LogP contribution in [0.1, 0.15) is 53.7 Å². The van der Waals surface area contributed by atoms with Gasteiger partial charge >= 0.3 is 5.97 Å². The third kappa shape index (κ3) is 5.42. The number of esters is 1. The molecule has 0 aliphatic carbocycles. The van der Waals surface area contributed by atoms with Gasteiger partial charge in [0.05, 0.1) is 37.3 Å². The molecule has 0 bridgehead atoms. The van der Waals surface area contributed by atoms with Gasteiger partial charge in [0.2, 0.25) is 5.91 Å². The van der Waals surface area contributed by atoms with Crippen LogP contribution in [0.5, 0.6) is 5.75 Å². The third-order valence-corrected chi connectivity index (χ3v) is 6.86. The number of amides is 1. The normalized spacial score (nSPS) is 20.4. The van der Waals surface area contributed by atoms with Crippen molar-refractivity contribution in [3.05, 3.63) is 65.2 Å². The number of carbonyl (C=O) groups excluding carboxylic acids is 2. The smallest absolute Gasteiger partial charge is 0.337 e. The van der Waals surface area contributed by atoms with Crippen molar-refractivity contribution in [3.8, 4) is 5.75 Å². The van der Waals surface area contributed by atoms with E-state index in [1.165, 1.54) is 7.11 Å². The van der Waals surface area contributed by atoms with E-state index in [9.17, 15) is 9.59 Å². The maximum absolute atomic E-state index is 13.7. The van der Waals surface area contributed by atoms with Crippen LogP contribution in [-0.4, -0.2) is 52.0 Å². The van der Waals surface area contributed by atoms with Gasteiger partial charge in [-0.1, -0.05) is 24.3 Å². The van der Waals surface area contributed by atoms with E-state index in [0.717, 1.165) is 36.5 Å². The Bertz CT molecular complexity index is 977. The molecule has 2 heterocycles. The fraction of sp³-hybridized carbons (Fsp3) is 0.481. The average Bonchev–Trinajstić information content (AvgIpc) is 3.41. The first-order valence-electron chi connectivity index (χ1n) is 11.9. The molecule has 182 valence electrons. The Balaban J connectivity index is 1.49. The van der Waals surface area contributed by atoms with E-state index < -0.39 is 5.41 Å². The van der Waals surface area contributed by atoms with Gasteiger partial charge in [0.15, 0.2) is 0 Å². The second-order valence-corrected chi connectivity index (χ2v) is 9.07. The van der Waals surface area contributed by atoms with Crippen molar-refractivity contribution < 1.29 is 28.5 Å². The summed E-state index contributed by atoms with van der Waals surface area (Å²) in [5.41, 5.74) is 1.65. The Kier molecular flexibility index (Phi) is 7.85. The minimum absolute atomic E-state index is 0.0262. The lowest BCUT2D eigenvalue weighted by Gasteiger charge is -2.37. The number of hydrogen-bond donors (Lipinski definition) is 1. The van der Waals surface area contributed by atoms with Gasteiger partial charge in [-0.3, -0.25) is 4.79 Å². The lowest BCUT2D eigenvalue weighted by molar-refractivity contribution is -0.131. The van der Waals surface area contributed by atoms with Crippen LogP contribution in [0.25, 0.3) is 0 Å². The van der Waals surface area contributed by atoms with Gasteiger partial charge in [0, 0.05) is 25.7 Å². The molecule has 2 aliphatic heterocycles. The standard InChI is InChI=1S/C27H33NO6/c1-19(21-6-8-22(9-7-21)25(29)31-2)28-26(30)27(11-14-32-15-12-27)23-4-3-5-24(16-23)34-18-20-10-13-33-17-20/h3-9,16,19-20H,10-15,17-18H2,1-2H3,(H,28,30)/t19?,20-/m0/s1. The number of benzene rings is 2. The molecule has 1 amide bonds. The maximum Gasteiger partial charge on any atom is 0.337 e. The summed E-state index contributed by atoms with van der Waals surface area (Å²) in [6, 6.07) is 14.8. The van der Waals surface area contributed by atoms with Crippen LogP contribution < -0.4 is 10.1 Å². The summed E-state index contributed by atoms with van der Waals surface area (Å²) in [5.74, 6) is 0.776. The van der Waals surface area contributed by atoms with Crippen LogP contribution in [0.2, 0.25) is 0 Å². The molecule has 2 aromatic rings. The second-order valence-electron chi connectivity index (χ2n) is 9.07. The molecule has 2 aliphatic rings. The molecule has 0 spiro atoms. The minimum Gasteiger partial charge on any atom is -0.493 e. The molecule has 7 heteroatoms. The lowest BCUT2D eigenvalue weighted by Crippen LogP contribution is -2.48. The van der Waals surface area contributed by atoms with Crippen molar-refractivity contribution in [2.24, 2.45) is 5.92 Å². The molecule has 1 N–H and O–H groups in total. The predicted molar refractivity (Wildman–Crippen MR) is 127 cm³/mol. The summed E-state index contributed by atoms with van der Waals surface area (Å²) in [4.78, 5) is 25.4. The van der Waals surface area contributed by atoms with Gasteiger partial charge in [-0.15, -0.1) is 0 Å². The van der Waals surface area contributed by atoms with Gasteiger partial charge in [0.1, 0.15) is 5.75 Å². The molecule has 1 unspecified atom stereocenters. The number of rotatable bonds is 8. The molecule has 4 rings (SSSR count). The molecule has 0 radical (unpaired) electrons. The quantitative estimate of drug-likeness (QED) is 0.595. The Morgan fingerprint density at radius 3 is 2.53 bits per heavy atom. The van der Waals surface area contributed by atoms with Gasteiger partial charge in [-0.05, 0) is 61.6 Å². The number of nitrogens with one attached hydrogen (secondary N) is 1. The van der Waals surface area contributed by atoms with Crippen LogP contribution in [-0.2, 0) is 24.4 Å². The van der Waals surface area contributed by atoms with Gasteiger partial charge in [-0.25, -0.2) is 4.79 Å². The fourth-order valence-corrected chi connectivity index (χ4v) is 4.62. The lowest BCUT2D eigenvalue weighted by atomic mass is 9.73. The van der Waals surface area contributed by atoms with E-state index in [-0.39, 0.29) is 17.9 Å². The highest BCUT2D eigenvalue weighted by atomic mass is 16.5. The fourth-order valence-electron chi connectivity index (χ4n) is 4.62. The molecule has 34 heavy (non-hydrogen) atoms. The Morgan fingerprint density at radius 1 is 1.09 bits per heavy atom. The van der Waals surface area contributed by atoms with Crippen molar-refractivity contribution in [1.29, 1.82) is 0 Å². The topological polar surface area (TPSA) is 83.1 Å². The van der Waals surface area contributed by atoms with Crippen LogP contribution in [0.4, 0.5) is 0 Å². The third-order valence-electron chi connectivity index (χ3n) is 6.86. The Morgan fingerprint density at radius 2 is 1.85 bits per heavy atom. The Hall–Kier alpha value is -2.90. The zero-order chi connectivity index (χ0) is 24.0. The van der Waals surface area contributed by atoms with Crippen molar-refractivity contribution in [2.75, 3.05) is 40.1 Å². The highest BCUT2D eigenvalue weighted by molar-refractivity contribution is 5.90. The van der Waals surface area contributed by atoms with Crippen molar-refractivity contribution >= 4 is 11.9 Å². The van der Waals surface area contributed by atoms with Crippen LogP contribution >= 0.6 is 0 Å². The number of methoxy groups -OCH3 is 1. The van der Waals surface area contributed by atoms with Gasteiger partial charge in [-0.2, -0.15) is 0 Å². The molecule has 2 atom stereocenters. The average molecular weight is 468 g/mol. The first-order valence-corrected chi connectivity index (χ1v) is 11.9. The van der Waals surface area contributed by atoms with E-state index in [1.807, 2.05) is 43.3 Å². The second kappa shape index (κ2) is 11.0.